The maximum Gasteiger partial charge on any atom is 0.329 e. The lowest BCUT2D eigenvalue weighted by Gasteiger charge is -2.35. The summed E-state index contributed by atoms with van der Waals surface area (Å²) >= 11 is 0. The van der Waals surface area contributed by atoms with Gasteiger partial charge in [0.15, 0.2) is 11.2 Å². The molecule has 1 saturated heterocycles. The fourth-order valence-corrected chi connectivity index (χ4v) is 3.89. The van der Waals surface area contributed by atoms with E-state index in [1.807, 2.05) is 4.57 Å². The van der Waals surface area contributed by atoms with Crippen molar-refractivity contribution in [2.24, 2.45) is 24.8 Å². The summed E-state index contributed by atoms with van der Waals surface area (Å²) in [4.78, 5) is 33.9. The number of aryl methyl sites for hydroxylation is 2. The van der Waals surface area contributed by atoms with E-state index in [-0.39, 0.29) is 5.56 Å². The highest BCUT2D eigenvalue weighted by Gasteiger charge is 2.27. The van der Waals surface area contributed by atoms with Gasteiger partial charge < -0.3 is 9.47 Å². The van der Waals surface area contributed by atoms with Gasteiger partial charge in [0, 0.05) is 26.7 Å². The van der Waals surface area contributed by atoms with Gasteiger partial charge in [-0.25, -0.2) is 4.79 Å². The third-order valence-corrected chi connectivity index (χ3v) is 5.07. The van der Waals surface area contributed by atoms with Gasteiger partial charge in [0.2, 0.25) is 5.95 Å². The molecule has 2 unspecified atom stereocenters. The number of rotatable bonds is 4. The molecule has 1 N–H and O–H groups in total. The first-order chi connectivity index (χ1) is 11.8. The zero-order valence-corrected chi connectivity index (χ0v) is 15.9. The lowest BCUT2D eigenvalue weighted by atomic mass is 9.92. The number of H-pyrrole nitrogens is 1. The van der Waals surface area contributed by atoms with Crippen molar-refractivity contribution in [3.05, 3.63) is 20.8 Å². The van der Waals surface area contributed by atoms with Crippen molar-refractivity contribution in [1.82, 2.24) is 19.1 Å². The van der Waals surface area contributed by atoms with Crippen LogP contribution in [0.3, 0.4) is 0 Å². The van der Waals surface area contributed by atoms with Crippen molar-refractivity contribution in [2.75, 3.05) is 18.0 Å². The fraction of sp³-hybridized carbons (Fsp3) is 0.722. The molecule has 1 fully saturated rings. The Labute approximate surface area is 147 Å². The second-order valence-electron chi connectivity index (χ2n) is 8.09. The minimum atomic E-state index is -0.419. The van der Waals surface area contributed by atoms with Crippen LogP contribution in [0.25, 0.3) is 11.2 Å². The molecule has 3 rings (SSSR count). The molecule has 0 aromatic carbocycles. The number of imidazole rings is 1. The van der Waals surface area contributed by atoms with Gasteiger partial charge >= 0.3 is 5.69 Å². The Morgan fingerprint density at radius 2 is 1.84 bits per heavy atom. The van der Waals surface area contributed by atoms with Crippen LogP contribution in [0, 0.1) is 17.8 Å². The summed E-state index contributed by atoms with van der Waals surface area (Å²) in [7, 11) is 1.66. The number of anilines is 1. The molecule has 138 valence electrons. The number of aromatic amines is 1. The van der Waals surface area contributed by atoms with Crippen LogP contribution in [0.2, 0.25) is 0 Å². The molecule has 2 aromatic heterocycles. The zero-order valence-electron chi connectivity index (χ0n) is 15.9. The first kappa shape index (κ1) is 17.8. The van der Waals surface area contributed by atoms with Crippen LogP contribution in [0.5, 0.6) is 0 Å². The minimum Gasteiger partial charge on any atom is -0.342 e. The Morgan fingerprint density at radius 3 is 2.44 bits per heavy atom. The SMILES string of the molecule is CC(C)CCn1c(N2CC(C)CC(C)C2)nc2c1c(=O)[nH]c(=O)n2C. The van der Waals surface area contributed by atoms with Crippen LogP contribution in [0.1, 0.15) is 40.5 Å². The van der Waals surface area contributed by atoms with Gasteiger partial charge in [-0.15, -0.1) is 0 Å². The number of nitrogens with zero attached hydrogens (tertiary/aromatic N) is 4. The molecular formula is C18H29N5O2. The van der Waals surface area contributed by atoms with Gasteiger partial charge in [0.1, 0.15) is 0 Å². The summed E-state index contributed by atoms with van der Waals surface area (Å²) in [5, 5.41) is 0. The standard InChI is InChI=1S/C18H29N5O2/c1-11(2)6-7-23-14-15(21(5)18(25)20-16(14)24)19-17(23)22-9-12(3)8-13(4)10-22/h11-13H,6-10H2,1-5H3,(H,20,24,25). The van der Waals surface area contributed by atoms with Crippen molar-refractivity contribution in [3.63, 3.8) is 0 Å². The van der Waals surface area contributed by atoms with Crippen LogP contribution in [-0.2, 0) is 13.6 Å². The average Bonchev–Trinajstić information content (AvgIpc) is 2.90. The Bertz CT molecular complexity index is 866. The van der Waals surface area contributed by atoms with E-state index in [9.17, 15) is 9.59 Å². The summed E-state index contributed by atoms with van der Waals surface area (Å²) in [6, 6.07) is 0. The van der Waals surface area contributed by atoms with Crippen molar-refractivity contribution in [2.45, 2.75) is 47.1 Å². The smallest absolute Gasteiger partial charge is 0.329 e. The minimum absolute atomic E-state index is 0.348. The number of piperidine rings is 1. The van der Waals surface area contributed by atoms with Crippen LogP contribution in [-0.4, -0.2) is 32.2 Å². The maximum absolute atomic E-state index is 12.5. The lowest BCUT2D eigenvalue weighted by Crippen LogP contribution is -2.40. The van der Waals surface area contributed by atoms with Crippen molar-refractivity contribution >= 4 is 17.1 Å². The molecule has 2 aromatic rings. The molecule has 3 heterocycles. The van der Waals surface area contributed by atoms with E-state index in [2.05, 4.69) is 37.6 Å². The number of fused-ring (bicyclic) bond motifs is 1. The molecule has 0 saturated carbocycles. The summed E-state index contributed by atoms with van der Waals surface area (Å²) in [5.74, 6) is 2.52. The van der Waals surface area contributed by atoms with E-state index in [1.54, 1.807) is 7.05 Å². The summed E-state index contributed by atoms with van der Waals surface area (Å²) in [6.07, 6.45) is 2.17. The summed E-state index contributed by atoms with van der Waals surface area (Å²) in [5.41, 5.74) is 0.207. The first-order valence-electron chi connectivity index (χ1n) is 9.22. The fourth-order valence-electron chi connectivity index (χ4n) is 3.89. The van der Waals surface area contributed by atoms with E-state index in [4.69, 9.17) is 4.98 Å². The lowest BCUT2D eigenvalue weighted by molar-refractivity contribution is 0.350. The van der Waals surface area contributed by atoms with Crippen LogP contribution in [0.15, 0.2) is 9.59 Å². The van der Waals surface area contributed by atoms with E-state index in [0.717, 1.165) is 32.0 Å². The molecule has 1 aliphatic heterocycles. The maximum atomic E-state index is 12.5. The van der Waals surface area contributed by atoms with Gasteiger partial charge in [0.25, 0.3) is 5.56 Å². The Balaban J connectivity index is 2.17. The molecule has 0 radical (unpaired) electrons. The van der Waals surface area contributed by atoms with Crippen LogP contribution in [0.4, 0.5) is 5.95 Å². The first-order valence-corrected chi connectivity index (χ1v) is 9.22. The average molecular weight is 347 g/mol. The largest absolute Gasteiger partial charge is 0.342 e. The number of aromatic nitrogens is 4. The van der Waals surface area contributed by atoms with Gasteiger partial charge in [-0.2, -0.15) is 4.98 Å². The molecule has 0 bridgehead atoms. The molecule has 7 heteroatoms. The Kier molecular flexibility index (Phi) is 4.75. The van der Waals surface area contributed by atoms with Crippen LogP contribution < -0.4 is 16.1 Å². The second kappa shape index (κ2) is 6.69. The predicted octanol–water partition coefficient (Wildman–Crippen LogP) is 1.95. The number of hydrogen-bond donors (Lipinski definition) is 1. The third-order valence-electron chi connectivity index (χ3n) is 5.07. The zero-order chi connectivity index (χ0) is 18.3. The highest BCUT2D eigenvalue weighted by atomic mass is 16.2. The molecule has 1 aliphatic rings. The van der Waals surface area contributed by atoms with E-state index in [1.165, 1.54) is 11.0 Å². The molecule has 0 amide bonds. The highest BCUT2D eigenvalue weighted by Crippen LogP contribution is 2.28. The molecule has 0 spiro atoms. The molecule has 0 aliphatic carbocycles. The van der Waals surface area contributed by atoms with Gasteiger partial charge in [0.05, 0.1) is 0 Å². The normalized spacial score (nSPS) is 21.4. The van der Waals surface area contributed by atoms with Gasteiger partial charge in [-0.05, 0) is 30.6 Å². The van der Waals surface area contributed by atoms with Crippen LogP contribution >= 0.6 is 0 Å². The Hall–Kier alpha value is -2.05. The summed E-state index contributed by atoms with van der Waals surface area (Å²) in [6.45, 7) is 11.4. The summed E-state index contributed by atoms with van der Waals surface area (Å²) < 4.78 is 3.45. The van der Waals surface area contributed by atoms with E-state index < -0.39 is 5.69 Å². The third kappa shape index (κ3) is 3.37. The topological polar surface area (TPSA) is 75.9 Å². The molecule has 7 nitrogen and oxygen atoms in total. The Morgan fingerprint density at radius 1 is 1.20 bits per heavy atom. The highest BCUT2D eigenvalue weighted by molar-refractivity contribution is 5.74. The second-order valence-corrected chi connectivity index (χ2v) is 8.09. The van der Waals surface area contributed by atoms with E-state index >= 15 is 0 Å². The number of nitrogens with one attached hydrogen (secondary N) is 1. The van der Waals surface area contributed by atoms with Crippen molar-refractivity contribution in [3.8, 4) is 0 Å². The predicted molar refractivity (Wildman–Crippen MR) is 100 cm³/mol. The van der Waals surface area contributed by atoms with Gasteiger partial charge in [-0.1, -0.05) is 27.7 Å². The quantitative estimate of drug-likeness (QED) is 0.917. The van der Waals surface area contributed by atoms with Gasteiger partial charge in [-0.3, -0.25) is 14.3 Å². The van der Waals surface area contributed by atoms with Crippen molar-refractivity contribution in [1.29, 1.82) is 0 Å². The molecule has 2 atom stereocenters. The molecular weight excluding hydrogens is 318 g/mol. The van der Waals surface area contributed by atoms with E-state index in [0.29, 0.717) is 28.9 Å². The monoisotopic (exact) mass is 347 g/mol. The molecule has 25 heavy (non-hydrogen) atoms. The van der Waals surface area contributed by atoms with Crippen molar-refractivity contribution < 1.29 is 0 Å². The number of hydrogen-bond acceptors (Lipinski definition) is 4.